The molecule has 8 heteroatoms. The van der Waals surface area contributed by atoms with Gasteiger partial charge in [0, 0.05) is 60.4 Å². The van der Waals surface area contributed by atoms with Gasteiger partial charge in [-0.3, -0.25) is 9.98 Å². The second-order valence-corrected chi connectivity index (χ2v) is 19.9. The summed E-state index contributed by atoms with van der Waals surface area (Å²) in [5, 5.41) is 0. The summed E-state index contributed by atoms with van der Waals surface area (Å²) in [5.74, 6) is 4.77. The summed E-state index contributed by atoms with van der Waals surface area (Å²) in [6, 6.07) is 78.8. The zero-order valence-electron chi connectivity index (χ0n) is 45.1. The van der Waals surface area contributed by atoms with Crippen LogP contribution in [0.15, 0.2) is 241 Å². The van der Waals surface area contributed by atoms with Gasteiger partial charge in [0.1, 0.15) is 60.9 Å². The highest BCUT2D eigenvalue weighted by Gasteiger charge is 2.24. The van der Waals surface area contributed by atoms with E-state index >= 15 is 0 Å². The Morgan fingerprint density at radius 2 is 0.562 bits per heavy atom. The maximum absolute atomic E-state index is 7.13. The Bertz CT molecular complexity index is 3380. The average Bonchev–Trinajstić information content (AvgIpc) is 3.58. The van der Waals surface area contributed by atoms with E-state index in [-0.39, 0.29) is 0 Å². The van der Waals surface area contributed by atoms with Gasteiger partial charge in [0.05, 0.1) is 25.6 Å². The predicted molar refractivity (Wildman–Crippen MR) is 321 cm³/mol. The molecule has 8 bridgehead atoms. The number of aliphatic imine (C=N–C) groups is 2. The smallest absolute Gasteiger partial charge is 0.127 e. The first-order chi connectivity index (χ1) is 39.5. The van der Waals surface area contributed by atoms with Crippen molar-refractivity contribution in [2.45, 2.75) is 52.1 Å². The van der Waals surface area contributed by atoms with Crippen LogP contribution in [-0.4, -0.2) is 26.6 Å². The number of hydrogen-bond acceptors (Lipinski definition) is 8. The van der Waals surface area contributed by atoms with Crippen molar-refractivity contribution in [2.75, 3.05) is 14.2 Å². The Balaban J connectivity index is 1.13. The van der Waals surface area contributed by atoms with Crippen molar-refractivity contribution in [1.29, 1.82) is 0 Å². The van der Waals surface area contributed by atoms with Crippen molar-refractivity contribution in [3.8, 4) is 34.5 Å². The van der Waals surface area contributed by atoms with Crippen LogP contribution < -0.4 is 28.4 Å². The number of nitrogens with zero attached hydrogens (tertiary/aromatic N) is 2. The van der Waals surface area contributed by atoms with E-state index in [1.807, 2.05) is 85.2 Å². The summed E-state index contributed by atoms with van der Waals surface area (Å²) >= 11 is 0. The van der Waals surface area contributed by atoms with Crippen LogP contribution in [-0.2, 0) is 52.1 Å². The van der Waals surface area contributed by atoms with E-state index in [1.165, 1.54) is 0 Å². The Morgan fingerprint density at radius 1 is 0.300 bits per heavy atom. The van der Waals surface area contributed by atoms with E-state index in [1.54, 1.807) is 14.2 Å². The van der Waals surface area contributed by atoms with Crippen LogP contribution >= 0.6 is 0 Å². The molecule has 0 saturated carbocycles. The van der Waals surface area contributed by atoms with Gasteiger partial charge in [-0.25, -0.2) is 0 Å². The minimum absolute atomic E-state index is 0.369. The Kier molecular flexibility index (Phi) is 16.8. The number of ether oxygens (including phenoxy) is 6. The van der Waals surface area contributed by atoms with Gasteiger partial charge in [0.25, 0.3) is 0 Å². The summed E-state index contributed by atoms with van der Waals surface area (Å²) in [6.07, 6.45) is 5.73. The number of fused-ring (bicyclic) bond motifs is 8. The van der Waals surface area contributed by atoms with Crippen molar-refractivity contribution in [3.05, 3.63) is 308 Å². The zero-order valence-corrected chi connectivity index (χ0v) is 45.1. The first-order valence-corrected chi connectivity index (χ1v) is 27.1. The van der Waals surface area contributed by atoms with Gasteiger partial charge in [-0.2, -0.15) is 0 Å². The van der Waals surface area contributed by atoms with Gasteiger partial charge in [-0.15, -0.1) is 0 Å². The van der Waals surface area contributed by atoms with Crippen LogP contribution in [0.3, 0.4) is 0 Å². The van der Waals surface area contributed by atoms with Gasteiger partial charge in [0.15, 0.2) is 0 Å². The maximum atomic E-state index is 7.13. The molecule has 0 aliphatic heterocycles. The quantitative estimate of drug-likeness (QED) is 0.0797. The molecule has 10 aromatic rings. The molecule has 1 aliphatic carbocycles. The summed E-state index contributed by atoms with van der Waals surface area (Å²) < 4.78 is 39.5. The molecule has 1 aliphatic rings. The molecular formula is C72H62N2O6. The fourth-order valence-corrected chi connectivity index (χ4v) is 10.1. The van der Waals surface area contributed by atoms with Crippen LogP contribution in [0.5, 0.6) is 34.5 Å². The standard InChI is InChI=1S/C72H62N2O6/c1-75-67-33-29-51(30-34-67)45-73-65-41-61-37-57-25-15-27-59(69(57)77-47-53-17-7-3-8-18-53)39-63-43-66(74-46-52-31-35-68(76-2)36-32-52)44-64(72(63)80-50-56-23-13-6-14-24-56)40-60-28-16-26-58(70(60)78-48-54-19-9-4-10-20-54)38-62(42-65)71(61)79-49-55-21-11-5-12-22-55/h3-36,41-46H,37-40,47-50H2,1-2H3. The molecule has 80 heavy (non-hydrogen) atoms. The molecule has 0 amide bonds. The minimum Gasteiger partial charge on any atom is -0.497 e. The Hall–Kier alpha value is -9.66. The fourth-order valence-electron chi connectivity index (χ4n) is 10.1. The summed E-state index contributed by atoms with van der Waals surface area (Å²) in [6.45, 7) is 1.48. The summed E-state index contributed by atoms with van der Waals surface area (Å²) in [4.78, 5) is 10.4. The minimum atomic E-state index is 0.369. The van der Waals surface area contributed by atoms with Crippen molar-refractivity contribution in [1.82, 2.24) is 0 Å². The lowest BCUT2D eigenvalue weighted by molar-refractivity contribution is 0.293. The molecule has 0 radical (unpaired) electrons. The van der Waals surface area contributed by atoms with E-state index < -0.39 is 0 Å². The second kappa shape index (κ2) is 25.7. The van der Waals surface area contributed by atoms with Crippen LogP contribution in [0.1, 0.15) is 77.9 Å². The van der Waals surface area contributed by atoms with Gasteiger partial charge in [0.2, 0.25) is 0 Å². The molecule has 0 unspecified atom stereocenters. The van der Waals surface area contributed by atoms with E-state index in [0.717, 1.165) is 124 Å². The van der Waals surface area contributed by atoms with Gasteiger partial charge in [-0.1, -0.05) is 158 Å². The van der Waals surface area contributed by atoms with Crippen molar-refractivity contribution in [3.63, 3.8) is 0 Å². The maximum Gasteiger partial charge on any atom is 0.127 e. The van der Waals surface area contributed by atoms with E-state index in [2.05, 4.69) is 158 Å². The lowest BCUT2D eigenvalue weighted by Crippen LogP contribution is -2.09. The first kappa shape index (κ1) is 52.4. The topological polar surface area (TPSA) is 80.1 Å². The van der Waals surface area contributed by atoms with Crippen LogP contribution in [0.25, 0.3) is 0 Å². The number of methoxy groups -OCH3 is 2. The molecule has 8 nitrogen and oxygen atoms in total. The lowest BCUT2D eigenvalue weighted by atomic mass is 9.90. The lowest BCUT2D eigenvalue weighted by Gasteiger charge is -2.23. The number of rotatable bonds is 18. The molecule has 11 rings (SSSR count). The van der Waals surface area contributed by atoms with E-state index in [4.69, 9.17) is 38.4 Å². The third kappa shape index (κ3) is 13.4. The SMILES string of the molecule is COc1ccc(C=Nc2cc3c(OCc4ccccc4)c(c2)Cc2cccc(c2OCc2ccccc2)Cc2cc(N=Cc4ccc(OC)cc4)cc(c2OCc2ccccc2)Cc2cccc(c2OCc2ccccc2)C3)cc1. The van der Waals surface area contributed by atoms with Crippen LogP contribution in [0.4, 0.5) is 11.4 Å². The zero-order chi connectivity index (χ0) is 54.3. The van der Waals surface area contributed by atoms with Gasteiger partial charge >= 0.3 is 0 Å². The predicted octanol–water partition coefficient (Wildman–Crippen LogP) is 16.2. The molecule has 0 aromatic heterocycles. The molecule has 396 valence electrons. The molecule has 10 aromatic carbocycles. The van der Waals surface area contributed by atoms with E-state index in [0.29, 0.717) is 52.1 Å². The number of para-hydroxylation sites is 2. The molecule has 0 heterocycles. The molecular weight excluding hydrogens is 989 g/mol. The van der Waals surface area contributed by atoms with Crippen molar-refractivity contribution >= 4 is 23.8 Å². The Labute approximate surface area is 469 Å². The highest BCUT2D eigenvalue weighted by atomic mass is 16.5. The third-order valence-electron chi connectivity index (χ3n) is 14.2. The number of hydrogen-bond donors (Lipinski definition) is 0. The van der Waals surface area contributed by atoms with Crippen LogP contribution in [0.2, 0.25) is 0 Å². The number of benzene rings is 10. The van der Waals surface area contributed by atoms with Crippen molar-refractivity contribution in [2.24, 2.45) is 9.98 Å². The Morgan fingerprint density at radius 3 is 0.825 bits per heavy atom. The second-order valence-electron chi connectivity index (χ2n) is 19.9. The average molecular weight is 1050 g/mol. The van der Waals surface area contributed by atoms with E-state index in [9.17, 15) is 0 Å². The third-order valence-corrected chi connectivity index (χ3v) is 14.2. The van der Waals surface area contributed by atoms with Crippen molar-refractivity contribution < 1.29 is 28.4 Å². The highest BCUT2D eigenvalue weighted by Crippen LogP contribution is 2.42. The first-order valence-electron chi connectivity index (χ1n) is 27.1. The molecule has 0 saturated heterocycles. The fraction of sp³-hybridized carbons (Fsp3) is 0.139. The normalized spacial score (nSPS) is 12.0. The molecule has 0 atom stereocenters. The van der Waals surface area contributed by atoms with Gasteiger partial charge < -0.3 is 28.4 Å². The summed E-state index contributed by atoms with van der Waals surface area (Å²) in [7, 11) is 3.35. The van der Waals surface area contributed by atoms with Crippen LogP contribution in [0, 0.1) is 0 Å². The molecule has 0 fully saturated rings. The molecule has 0 N–H and O–H groups in total. The largest absolute Gasteiger partial charge is 0.497 e. The highest BCUT2D eigenvalue weighted by molar-refractivity contribution is 5.83. The summed E-state index contributed by atoms with van der Waals surface area (Å²) in [5.41, 5.74) is 15.7. The molecule has 0 spiro atoms. The van der Waals surface area contributed by atoms with Gasteiger partial charge in [-0.05, 0) is 128 Å². The monoisotopic (exact) mass is 1050 g/mol.